The van der Waals surface area contributed by atoms with E-state index < -0.39 is 5.91 Å². The SMILES string of the molecule is CCc1cccc(C)c1-n1cccc1/C=C1\C(=N)N2N=C(Cc3cccs3)SC2=NC1=O. The number of para-hydroxylation sites is 1. The molecule has 160 valence electrons. The first kappa shape index (κ1) is 20.7. The van der Waals surface area contributed by atoms with Crippen LogP contribution in [0.25, 0.3) is 11.8 Å². The van der Waals surface area contributed by atoms with Crippen molar-refractivity contribution in [2.24, 2.45) is 10.1 Å². The second kappa shape index (κ2) is 8.37. The van der Waals surface area contributed by atoms with E-state index >= 15 is 0 Å². The summed E-state index contributed by atoms with van der Waals surface area (Å²) in [7, 11) is 0. The van der Waals surface area contributed by atoms with Crippen molar-refractivity contribution in [3.8, 4) is 5.69 Å². The third kappa shape index (κ3) is 3.65. The van der Waals surface area contributed by atoms with Gasteiger partial charge in [-0.15, -0.1) is 11.3 Å². The van der Waals surface area contributed by atoms with Crippen LogP contribution in [-0.4, -0.2) is 31.5 Å². The number of nitrogens with zero attached hydrogens (tertiary/aromatic N) is 4. The highest BCUT2D eigenvalue weighted by atomic mass is 32.2. The van der Waals surface area contributed by atoms with Gasteiger partial charge in [0.25, 0.3) is 5.91 Å². The fourth-order valence-electron chi connectivity index (χ4n) is 3.88. The molecule has 2 aromatic heterocycles. The lowest BCUT2D eigenvalue weighted by atomic mass is 10.1. The van der Waals surface area contributed by atoms with Crippen LogP contribution in [0.15, 0.2) is 69.7 Å². The van der Waals surface area contributed by atoms with E-state index in [9.17, 15) is 4.79 Å². The number of fused-ring (bicyclic) bond motifs is 1. The zero-order valence-electron chi connectivity index (χ0n) is 17.7. The van der Waals surface area contributed by atoms with Crippen molar-refractivity contribution in [1.82, 2.24) is 9.58 Å². The number of carbonyl (C=O) groups excluding carboxylic acids is 1. The summed E-state index contributed by atoms with van der Waals surface area (Å²) in [4.78, 5) is 18.3. The normalized spacial score (nSPS) is 17.1. The van der Waals surface area contributed by atoms with Gasteiger partial charge in [-0.3, -0.25) is 10.2 Å². The van der Waals surface area contributed by atoms with E-state index in [1.54, 1.807) is 17.4 Å². The standard InChI is InChI=1S/C24H21N5OS2/c1-3-16-8-4-7-15(2)21(16)28-11-5-9-17(28)13-19-22(25)29-24(26-23(19)30)32-20(27-29)14-18-10-6-12-31-18/h4-13,25H,3,14H2,1-2H3/b19-13+,25-22?. The highest BCUT2D eigenvalue weighted by Gasteiger charge is 2.35. The van der Waals surface area contributed by atoms with Crippen LogP contribution < -0.4 is 0 Å². The van der Waals surface area contributed by atoms with Crippen molar-refractivity contribution < 1.29 is 4.79 Å². The summed E-state index contributed by atoms with van der Waals surface area (Å²) in [5, 5.41) is 18.0. The average Bonchev–Trinajstić information content (AvgIpc) is 3.52. The summed E-state index contributed by atoms with van der Waals surface area (Å²) in [6, 6.07) is 14.2. The van der Waals surface area contributed by atoms with Crippen molar-refractivity contribution in [2.75, 3.05) is 0 Å². The summed E-state index contributed by atoms with van der Waals surface area (Å²) >= 11 is 3.02. The van der Waals surface area contributed by atoms with E-state index in [0.717, 1.165) is 28.4 Å². The lowest BCUT2D eigenvalue weighted by molar-refractivity contribution is -0.114. The van der Waals surface area contributed by atoms with Gasteiger partial charge in [0.15, 0.2) is 5.84 Å². The minimum Gasteiger partial charge on any atom is -0.317 e. The molecule has 0 unspecified atom stereocenters. The van der Waals surface area contributed by atoms with Crippen LogP contribution in [-0.2, 0) is 17.6 Å². The number of aromatic nitrogens is 1. The van der Waals surface area contributed by atoms with Crippen molar-refractivity contribution >= 4 is 51.1 Å². The number of aliphatic imine (C=N–C) groups is 1. The minimum absolute atomic E-state index is 0.0573. The molecule has 8 heteroatoms. The lowest BCUT2D eigenvalue weighted by Crippen LogP contribution is -2.35. The molecule has 0 spiro atoms. The van der Waals surface area contributed by atoms with Gasteiger partial charge in [0.2, 0.25) is 5.17 Å². The summed E-state index contributed by atoms with van der Waals surface area (Å²) in [5.41, 5.74) is 4.56. The van der Waals surface area contributed by atoms with Gasteiger partial charge in [-0.05, 0) is 65.9 Å². The van der Waals surface area contributed by atoms with E-state index in [0.29, 0.717) is 11.6 Å². The Hall–Kier alpha value is -3.23. The molecule has 0 fully saturated rings. The first-order chi connectivity index (χ1) is 15.5. The van der Waals surface area contributed by atoms with Crippen molar-refractivity contribution in [1.29, 1.82) is 5.41 Å². The maximum atomic E-state index is 12.8. The molecule has 1 N–H and O–H groups in total. The fraction of sp³-hybridized carbons (Fsp3) is 0.167. The van der Waals surface area contributed by atoms with Crippen LogP contribution >= 0.6 is 23.1 Å². The number of amides is 1. The molecule has 6 nitrogen and oxygen atoms in total. The molecule has 0 saturated heterocycles. The second-order valence-electron chi connectivity index (χ2n) is 7.51. The highest BCUT2D eigenvalue weighted by molar-refractivity contribution is 8.27. The van der Waals surface area contributed by atoms with Gasteiger partial charge in [0.05, 0.1) is 11.3 Å². The highest BCUT2D eigenvalue weighted by Crippen LogP contribution is 2.31. The van der Waals surface area contributed by atoms with Crippen molar-refractivity contribution in [3.63, 3.8) is 0 Å². The number of nitrogens with one attached hydrogen (secondary N) is 1. The molecular formula is C24H21N5OS2. The first-order valence-electron chi connectivity index (χ1n) is 10.3. The number of hydrazone groups is 1. The van der Waals surface area contributed by atoms with E-state index in [-0.39, 0.29) is 11.4 Å². The molecule has 0 aliphatic carbocycles. The Bertz CT molecular complexity index is 1310. The number of aryl methyl sites for hydroxylation is 2. The summed E-state index contributed by atoms with van der Waals surface area (Å²) < 4.78 is 2.07. The predicted octanol–water partition coefficient (Wildman–Crippen LogP) is 5.27. The zero-order chi connectivity index (χ0) is 22.2. The second-order valence-corrected chi connectivity index (χ2v) is 9.58. The van der Waals surface area contributed by atoms with Crippen molar-refractivity contribution in [2.45, 2.75) is 26.7 Å². The molecule has 5 rings (SSSR count). The number of carbonyl (C=O) groups is 1. The van der Waals surface area contributed by atoms with Gasteiger partial charge in [0, 0.05) is 23.2 Å². The minimum atomic E-state index is -0.408. The van der Waals surface area contributed by atoms with Crippen LogP contribution in [0.2, 0.25) is 0 Å². The van der Waals surface area contributed by atoms with Crippen LogP contribution in [0.3, 0.4) is 0 Å². The fourth-order valence-corrected chi connectivity index (χ4v) is 5.59. The van der Waals surface area contributed by atoms with E-state index in [2.05, 4.69) is 52.8 Å². The summed E-state index contributed by atoms with van der Waals surface area (Å²) in [6.45, 7) is 4.22. The first-order valence-corrected chi connectivity index (χ1v) is 12.0. The smallest absolute Gasteiger partial charge is 0.283 e. The monoisotopic (exact) mass is 459 g/mol. The Morgan fingerprint density at radius 1 is 1.16 bits per heavy atom. The van der Waals surface area contributed by atoms with Crippen LogP contribution in [0.5, 0.6) is 0 Å². The molecule has 2 aliphatic heterocycles. The molecule has 32 heavy (non-hydrogen) atoms. The molecule has 2 aliphatic rings. The van der Waals surface area contributed by atoms with Crippen LogP contribution in [0, 0.1) is 12.3 Å². The maximum Gasteiger partial charge on any atom is 0.283 e. The molecule has 3 aromatic rings. The van der Waals surface area contributed by atoms with Gasteiger partial charge in [-0.1, -0.05) is 31.2 Å². The van der Waals surface area contributed by atoms with Crippen LogP contribution in [0.4, 0.5) is 0 Å². The Kier molecular flexibility index (Phi) is 5.40. The summed E-state index contributed by atoms with van der Waals surface area (Å²) in [6.07, 6.45) is 5.31. The van der Waals surface area contributed by atoms with E-state index in [1.807, 2.05) is 29.8 Å². The number of amidine groups is 2. The van der Waals surface area contributed by atoms with Crippen molar-refractivity contribution in [3.05, 3.63) is 81.3 Å². The van der Waals surface area contributed by atoms with Gasteiger partial charge in [0.1, 0.15) is 5.04 Å². The van der Waals surface area contributed by atoms with Gasteiger partial charge in [-0.25, -0.2) is 0 Å². The Morgan fingerprint density at radius 3 is 2.81 bits per heavy atom. The zero-order valence-corrected chi connectivity index (χ0v) is 19.3. The number of rotatable bonds is 5. The number of benzene rings is 1. The molecule has 0 radical (unpaired) electrons. The number of thioether (sulfide) groups is 1. The predicted molar refractivity (Wildman–Crippen MR) is 133 cm³/mol. The Morgan fingerprint density at radius 2 is 2.03 bits per heavy atom. The molecule has 1 amide bonds. The Labute approximate surface area is 194 Å². The molecular weight excluding hydrogens is 438 g/mol. The molecule has 0 atom stereocenters. The maximum absolute atomic E-state index is 12.8. The number of hydrogen-bond donors (Lipinski definition) is 1. The largest absolute Gasteiger partial charge is 0.317 e. The van der Waals surface area contributed by atoms with Gasteiger partial charge < -0.3 is 4.57 Å². The van der Waals surface area contributed by atoms with Crippen LogP contribution in [0.1, 0.15) is 28.6 Å². The summed E-state index contributed by atoms with van der Waals surface area (Å²) in [5.74, 6) is -0.350. The number of hydrogen-bond acceptors (Lipinski definition) is 5. The van der Waals surface area contributed by atoms with Gasteiger partial charge >= 0.3 is 0 Å². The average molecular weight is 460 g/mol. The third-order valence-electron chi connectivity index (χ3n) is 5.42. The van der Waals surface area contributed by atoms with Gasteiger partial charge in [-0.2, -0.15) is 15.1 Å². The third-order valence-corrected chi connectivity index (χ3v) is 7.20. The van der Waals surface area contributed by atoms with E-state index in [4.69, 9.17) is 5.41 Å². The topological polar surface area (TPSA) is 73.8 Å². The number of thiophene rings is 1. The molecule has 0 bridgehead atoms. The lowest BCUT2D eigenvalue weighted by Gasteiger charge is -2.21. The van der Waals surface area contributed by atoms with E-state index in [1.165, 1.54) is 27.2 Å². The Balaban J connectivity index is 1.50. The molecule has 0 saturated carbocycles. The molecule has 1 aromatic carbocycles. The molecule has 4 heterocycles. The quantitative estimate of drug-likeness (QED) is 0.528.